The molecule has 1 aromatic rings. The third-order valence-corrected chi connectivity index (χ3v) is 3.52. The van der Waals surface area contributed by atoms with Gasteiger partial charge in [0.05, 0.1) is 5.56 Å². The lowest BCUT2D eigenvalue weighted by Crippen LogP contribution is -2.07. The lowest BCUT2D eigenvalue weighted by Gasteiger charge is -2.12. The molecule has 0 aliphatic rings. The van der Waals surface area contributed by atoms with E-state index in [0.29, 0.717) is 0 Å². The predicted molar refractivity (Wildman–Crippen MR) is 54.1 cm³/mol. The fourth-order valence-corrected chi connectivity index (χ4v) is 2.38. The van der Waals surface area contributed by atoms with Crippen molar-refractivity contribution in [3.63, 3.8) is 0 Å². The van der Waals surface area contributed by atoms with E-state index in [9.17, 15) is 13.2 Å². The van der Waals surface area contributed by atoms with Gasteiger partial charge in [-0.15, -0.1) is 12.6 Å². The van der Waals surface area contributed by atoms with Gasteiger partial charge in [-0.05, 0) is 28.1 Å². The van der Waals surface area contributed by atoms with Crippen molar-refractivity contribution in [2.45, 2.75) is 11.1 Å². The average molecular weight is 336 g/mol. The van der Waals surface area contributed by atoms with Crippen LogP contribution in [0.5, 0.6) is 0 Å². The van der Waals surface area contributed by atoms with E-state index in [4.69, 9.17) is 0 Å². The van der Waals surface area contributed by atoms with E-state index in [-0.39, 0.29) is 13.8 Å². The minimum Gasteiger partial charge on any atom is -0.166 e. The maximum absolute atomic E-state index is 12.4. The molecule has 0 saturated carbocycles. The molecule has 1 rings (SSSR count). The summed E-state index contributed by atoms with van der Waals surface area (Å²) in [5, 5.41) is 0. The van der Waals surface area contributed by atoms with Crippen LogP contribution in [0.4, 0.5) is 13.2 Å². The van der Waals surface area contributed by atoms with Crippen LogP contribution in [0.25, 0.3) is 0 Å². The number of alkyl halides is 3. The Morgan fingerprint density at radius 3 is 2.08 bits per heavy atom. The van der Waals surface area contributed by atoms with Crippen molar-refractivity contribution in [2.75, 3.05) is 0 Å². The first-order valence-electron chi connectivity index (χ1n) is 3.08. The van der Waals surface area contributed by atoms with Gasteiger partial charge in [-0.25, -0.2) is 0 Å². The summed E-state index contributed by atoms with van der Waals surface area (Å²) in [6.07, 6.45) is -4.38. The van der Waals surface area contributed by atoms with Crippen molar-refractivity contribution in [1.82, 2.24) is 0 Å². The summed E-state index contributed by atoms with van der Waals surface area (Å²) in [5.74, 6) is 0. The van der Waals surface area contributed by atoms with Gasteiger partial charge in [0.1, 0.15) is 0 Å². The van der Waals surface area contributed by atoms with Crippen LogP contribution in [0.15, 0.2) is 26.0 Å². The van der Waals surface area contributed by atoms with E-state index in [1.54, 1.807) is 0 Å². The molecule has 0 radical (unpaired) electrons. The first-order valence-corrected chi connectivity index (χ1v) is 5.11. The number of hydrogen-bond donors (Lipinski definition) is 1. The summed E-state index contributed by atoms with van der Waals surface area (Å²) in [6.45, 7) is 0. The summed E-state index contributed by atoms with van der Waals surface area (Å²) >= 11 is 9.55. The second-order valence-electron chi connectivity index (χ2n) is 2.25. The largest absolute Gasteiger partial charge is 0.418 e. The van der Waals surface area contributed by atoms with Crippen LogP contribution in [0, 0.1) is 0 Å². The van der Waals surface area contributed by atoms with E-state index >= 15 is 0 Å². The van der Waals surface area contributed by atoms with Crippen LogP contribution >= 0.6 is 44.5 Å². The molecular formula is C7H3Br2F3S. The molecule has 0 saturated heterocycles. The standard InChI is InChI=1S/C7H3Br2F3S/c8-3-1-2-4(13)6(9)5(3)7(10,11)12/h1-2,13H. The third kappa shape index (κ3) is 2.41. The van der Waals surface area contributed by atoms with Gasteiger partial charge in [0.15, 0.2) is 0 Å². The molecule has 0 aliphatic carbocycles. The average Bonchev–Trinajstić information content (AvgIpc) is 1.95. The van der Waals surface area contributed by atoms with Gasteiger partial charge >= 0.3 is 6.18 Å². The Morgan fingerprint density at radius 2 is 1.69 bits per heavy atom. The fraction of sp³-hybridized carbons (Fsp3) is 0.143. The van der Waals surface area contributed by atoms with Gasteiger partial charge in [-0.1, -0.05) is 15.9 Å². The zero-order valence-corrected chi connectivity index (χ0v) is 10.1. The molecule has 72 valence electrons. The number of hydrogen-bond acceptors (Lipinski definition) is 1. The molecule has 13 heavy (non-hydrogen) atoms. The van der Waals surface area contributed by atoms with Crippen molar-refractivity contribution in [3.8, 4) is 0 Å². The predicted octanol–water partition coefficient (Wildman–Crippen LogP) is 4.52. The highest BCUT2D eigenvalue weighted by molar-refractivity contribution is 9.11. The zero-order chi connectivity index (χ0) is 10.2. The number of halogens is 5. The van der Waals surface area contributed by atoms with Crippen molar-refractivity contribution < 1.29 is 13.2 Å². The highest BCUT2D eigenvalue weighted by Gasteiger charge is 2.35. The molecule has 0 nitrogen and oxygen atoms in total. The Kier molecular flexibility index (Phi) is 3.35. The lowest BCUT2D eigenvalue weighted by molar-refractivity contribution is -0.139. The molecule has 0 unspecified atom stereocenters. The SMILES string of the molecule is FC(F)(F)c1c(Br)ccc(S)c1Br. The maximum Gasteiger partial charge on any atom is 0.418 e. The lowest BCUT2D eigenvalue weighted by atomic mass is 10.2. The first-order chi connectivity index (χ1) is 5.84. The molecule has 0 spiro atoms. The van der Waals surface area contributed by atoms with Crippen LogP contribution in [-0.4, -0.2) is 0 Å². The molecule has 0 bridgehead atoms. The summed E-state index contributed by atoms with van der Waals surface area (Å²) in [6, 6.07) is 2.79. The first kappa shape index (κ1) is 11.4. The fourth-order valence-electron chi connectivity index (χ4n) is 0.801. The maximum atomic E-state index is 12.4. The molecular weight excluding hydrogens is 333 g/mol. The summed E-state index contributed by atoms with van der Waals surface area (Å²) in [5.41, 5.74) is -0.736. The number of thiol groups is 1. The normalized spacial score (nSPS) is 11.8. The Labute approximate surface area is 95.2 Å². The smallest absolute Gasteiger partial charge is 0.166 e. The van der Waals surface area contributed by atoms with Crippen molar-refractivity contribution in [1.29, 1.82) is 0 Å². The number of rotatable bonds is 0. The molecule has 0 aliphatic heterocycles. The Balaban J connectivity index is 3.43. The van der Waals surface area contributed by atoms with Crippen LogP contribution in [0.1, 0.15) is 5.56 Å². The van der Waals surface area contributed by atoms with E-state index in [1.807, 2.05) is 0 Å². The monoisotopic (exact) mass is 334 g/mol. The Morgan fingerprint density at radius 1 is 1.15 bits per heavy atom. The van der Waals surface area contributed by atoms with E-state index in [0.717, 1.165) is 0 Å². The van der Waals surface area contributed by atoms with Gasteiger partial charge in [-0.3, -0.25) is 0 Å². The quantitative estimate of drug-likeness (QED) is 0.662. The topological polar surface area (TPSA) is 0 Å². The molecule has 0 heterocycles. The van der Waals surface area contributed by atoms with E-state index in [1.165, 1.54) is 12.1 Å². The van der Waals surface area contributed by atoms with Gasteiger partial charge < -0.3 is 0 Å². The second kappa shape index (κ2) is 3.82. The summed E-state index contributed by atoms with van der Waals surface area (Å²) in [7, 11) is 0. The zero-order valence-electron chi connectivity index (χ0n) is 5.99. The molecule has 0 amide bonds. The third-order valence-electron chi connectivity index (χ3n) is 1.35. The van der Waals surface area contributed by atoms with Gasteiger partial charge in [0.2, 0.25) is 0 Å². The second-order valence-corrected chi connectivity index (χ2v) is 4.38. The van der Waals surface area contributed by atoms with E-state index in [2.05, 4.69) is 44.5 Å². The number of benzene rings is 1. The Hall–Kier alpha value is 0.320. The van der Waals surface area contributed by atoms with Crippen molar-refractivity contribution in [2.24, 2.45) is 0 Å². The van der Waals surface area contributed by atoms with Crippen LogP contribution in [-0.2, 0) is 6.18 Å². The highest BCUT2D eigenvalue weighted by Crippen LogP contribution is 2.42. The minimum atomic E-state index is -4.38. The molecule has 0 fully saturated rings. The molecule has 6 heteroatoms. The van der Waals surface area contributed by atoms with E-state index < -0.39 is 11.7 Å². The van der Waals surface area contributed by atoms with Crippen LogP contribution in [0.3, 0.4) is 0 Å². The summed E-state index contributed by atoms with van der Waals surface area (Å²) in [4.78, 5) is 0.260. The molecule has 0 aromatic heterocycles. The highest BCUT2D eigenvalue weighted by atomic mass is 79.9. The van der Waals surface area contributed by atoms with Crippen molar-refractivity contribution >= 4 is 44.5 Å². The van der Waals surface area contributed by atoms with Gasteiger partial charge in [0, 0.05) is 13.8 Å². The Bertz CT molecular complexity index is 335. The molecule has 0 N–H and O–H groups in total. The van der Waals surface area contributed by atoms with Crippen LogP contribution in [0.2, 0.25) is 0 Å². The van der Waals surface area contributed by atoms with Crippen molar-refractivity contribution in [3.05, 3.63) is 26.6 Å². The van der Waals surface area contributed by atoms with Gasteiger partial charge in [-0.2, -0.15) is 13.2 Å². The minimum absolute atomic E-state index is 0.00433. The molecule has 1 aromatic carbocycles. The summed E-state index contributed by atoms with van der Waals surface area (Å²) < 4.78 is 37.1. The molecule has 0 atom stereocenters. The van der Waals surface area contributed by atoms with Gasteiger partial charge in [0.25, 0.3) is 0 Å². The van der Waals surface area contributed by atoms with Crippen LogP contribution < -0.4 is 0 Å².